The normalized spacial score (nSPS) is 15.5. The van der Waals surface area contributed by atoms with Crippen molar-refractivity contribution in [3.63, 3.8) is 0 Å². The minimum absolute atomic E-state index is 0.0492. The number of rotatable bonds is 8. The Morgan fingerprint density at radius 1 is 1.48 bits per heavy atom. The first kappa shape index (κ1) is 17.9. The second-order valence-electron chi connectivity index (χ2n) is 5.33. The lowest BCUT2D eigenvalue weighted by atomic mass is 9.95. The summed E-state index contributed by atoms with van der Waals surface area (Å²) >= 11 is 1.27. The lowest BCUT2D eigenvalue weighted by molar-refractivity contribution is -0.124. The van der Waals surface area contributed by atoms with E-state index in [1.807, 2.05) is 13.8 Å². The molecule has 3 nitrogen and oxygen atoms in total. The van der Waals surface area contributed by atoms with E-state index in [9.17, 15) is 13.6 Å². The maximum Gasteiger partial charge on any atom is 0.237 e. The van der Waals surface area contributed by atoms with Crippen molar-refractivity contribution in [2.45, 2.75) is 49.3 Å². The van der Waals surface area contributed by atoms with Crippen LogP contribution in [0.2, 0.25) is 0 Å². The summed E-state index contributed by atoms with van der Waals surface area (Å²) in [7, 11) is 0. The predicted molar refractivity (Wildman–Crippen MR) is 82.2 cm³/mol. The molecule has 0 radical (unpaired) electrons. The molecule has 2 atom stereocenters. The van der Waals surface area contributed by atoms with Crippen molar-refractivity contribution in [1.29, 1.82) is 0 Å². The van der Waals surface area contributed by atoms with Crippen molar-refractivity contribution >= 4 is 17.7 Å². The molecule has 0 aliphatic carbocycles. The van der Waals surface area contributed by atoms with Gasteiger partial charge >= 0.3 is 0 Å². The van der Waals surface area contributed by atoms with Gasteiger partial charge in [0.15, 0.2) is 0 Å². The van der Waals surface area contributed by atoms with Crippen LogP contribution in [0.1, 0.15) is 33.6 Å². The van der Waals surface area contributed by atoms with Crippen LogP contribution >= 0.6 is 11.8 Å². The molecule has 0 aliphatic rings. The van der Waals surface area contributed by atoms with E-state index in [2.05, 4.69) is 5.32 Å². The first-order chi connectivity index (χ1) is 9.78. The molecule has 0 spiro atoms. The fourth-order valence-corrected chi connectivity index (χ4v) is 3.23. The quantitative estimate of drug-likeness (QED) is 0.725. The fraction of sp³-hybridized carbons (Fsp3) is 0.533. The van der Waals surface area contributed by atoms with Gasteiger partial charge in [-0.15, -0.1) is 11.8 Å². The third-order valence-corrected chi connectivity index (χ3v) is 4.38. The summed E-state index contributed by atoms with van der Waals surface area (Å²) in [5.41, 5.74) is 4.63. The number of nitrogens with one attached hydrogen (secondary N) is 1. The van der Waals surface area contributed by atoms with E-state index in [0.717, 1.165) is 12.5 Å². The van der Waals surface area contributed by atoms with Crippen molar-refractivity contribution in [1.82, 2.24) is 5.32 Å². The largest absolute Gasteiger partial charge is 0.368 e. The van der Waals surface area contributed by atoms with E-state index in [0.29, 0.717) is 17.9 Å². The Hall–Kier alpha value is -1.14. The van der Waals surface area contributed by atoms with Crippen molar-refractivity contribution in [3.05, 3.63) is 29.8 Å². The van der Waals surface area contributed by atoms with Crippen LogP contribution in [0.4, 0.5) is 8.78 Å². The van der Waals surface area contributed by atoms with Crippen LogP contribution in [0, 0.1) is 11.6 Å². The molecule has 0 heterocycles. The van der Waals surface area contributed by atoms with E-state index in [1.54, 1.807) is 6.92 Å². The van der Waals surface area contributed by atoms with Crippen LogP contribution in [-0.4, -0.2) is 23.2 Å². The lowest BCUT2D eigenvalue weighted by Crippen LogP contribution is -2.54. The zero-order valence-electron chi connectivity index (χ0n) is 12.6. The van der Waals surface area contributed by atoms with Gasteiger partial charge < -0.3 is 11.1 Å². The number of benzene rings is 1. The number of amides is 1. The second-order valence-corrected chi connectivity index (χ2v) is 6.81. The van der Waals surface area contributed by atoms with Gasteiger partial charge in [0.1, 0.15) is 11.6 Å². The van der Waals surface area contributed by atoms with Crippen LogP contribution in [-0.2, 0) is 4.79 Å². The number of thioether (sulfide) groups is 1. The summed E-state index contributed by atoms with van der Waals surface area (Å²) in [6, 6.07) is 3.49. The van der Waals surface area contributed by atoms with Gasteiger partial charge in [-0.25, -0.2) is 8.78 Å². The number of hydrogen-bond acceptors (Lipinski definition) is 3. The summed E-state index contributed by atoms with van der Waals surface area (Å²) in [6.07, 6.45) is 1.35. The number of primary amides is 1. The lowest BCUT2D eigenvalue weighted by Gasteiger charge is -2.30. The SMILES string of the molecule is CCCNC(C)(CC(C)Sc1ccc(F)cc1F)C(N)=O. The molecule has 1 aromatic rings. The standard InChI is InChI=1S/C15H22F2N2OS/c1-4-7-19-15(3,14(18)20)9-10(2)21-13-6-5-11(16)8-12(13)17/h5-6,8,10,19H,4,7,9H2,1-3H3,(H2,18,20). The topological polar surface area (TPSA) is 55.1 Å². The maximum atomic E-state index is 13.6. The Balaban J connectivity index is 2.73. The number of halogens is 2. The van der Waals surface area contributed by atoms with E-state index < -0.39 is 23.1 Å². The van der Waals surface area contributed by atoms with Crippen LogP contribution < -0.4 is 11.1 Å². The maximum absolute atomic E-state index is 13.6. The smallest absolute Gasteiger partial charge is 0.237 e. The highest BCUT2D eigenvalue weighted by Crippen LogP contribution is 2.30. The number of carbonyl (C=O) groups is 1. The fourth-order valence-electron chi connectivity index (χ4n) is 2.06. The molecule has 0 bridgehead atoms. The van der Waals surface area contributed by atoms with Crippen LogP contribution in [0.15, 0.2) is 23.1 Å². The second kappa shape index (κ2) is 7.75. The van der Waals surface area contributed by atoms with E-state index in [1.165, 1.54) is 23.9 Å². The average Bonchev–Trinajstić information content (AvgIpc) is 2.39. The molecular formula is C15H22F2N2OS. The number of nitrogens with two attached hydrogens (primary N) is 1. The van der Waals surface area contributed by atoms with Crippen molar-refractivity contribution in [2.75, 3.05) is 6.54 Å². The van der Waals surface area contributed by atoms with Crippen LogP contribution in [0.3, 0.4) is 0 Å². The van der Waals surface area contributed by atoms with Crippen LogP contribution in [0.25, 0.3) is 0 Å². The van der Waals surface area contributed by atoms with Gasteiger partial charge in [-0.2, -0.15) is 0 Å². The van der Waals surface area contributed by atoms with Crippen molar-refractivity contribution in [2.24, 2.45) is 5.73 Å². The molecule has 0 aromatic heterocycles. The highest BCUT2D eigenvalue weighted by atomic mass is 32.2. The molecule has 2 unspecified atom stereocenters. The monoisotopic (exact) mass is 316 g/mol. The zero-order valence-corrected chi connectivity index (χ0v) is 13.4. The molecule has 6 heteroatoms. The minimum Gasteiger partial charge on any atom is -0.368 e. The first-order valence-corrected chi connectivity index (χ1v) is 7.83. The predicted octanol–water partition coefficient (Wildman–Crippen LogP) is 3.08. The van der Waals surface area contributed by atoms with E-state index >= 15 is 0 Å². The van der Waals surface area contributed by atoms with Gasteiger partial charge in [0.05, 0.1) is 5.54 Å². The van der Waals surface area contributed by atoms with E-state index in [4.69, 9.17) is 5.73 Å². The Kier molecular flexibility index (Phi) is 6.61. The highest BCUT2D eigenvalue weighted by Gasteiger charge is 2.32. The van der Waals surface area contributed by atoms with Crippen LogP contribution in [0.5, 0.6) is 0 Å². The van der Waals surface area contributed by atoms with E-state index in [-0.39, 0.29) is 5.25 Å². The zero-order chi connectivity index (χ0) is 16.0. The third-order valence-electron chi connectivity index (χ3n) is 3.23. The Labute approximate surface area is 128 Å². The van der Waals surface area contributed by atoms with Gasteiger partial charge in [0.25, 0.3) is 0 Å². The summed E-state index contributed by atoms with van der Waals surface area (Å²) < 4.78 is 26.5. The molecule has 3 N–H and O–H groups in total. The highest BCUT2D eigenvalue weighted by molar-refractivity contribution is 8.00. The minimum atomic E-state index is -0.834. The Morgan fingerprint density at radius 3 is 2.67 bits per heavy atom. The molecule has 0 saturated heterocycles. The molecule has 0 saturated carbocycles. The summed E-state index contributed by atoms with van der Waals surface area (Å²) in [6.45, 7) is 6.33. The number of hydrogen-bond donors (Lipinski definition) is 2. The molecule has 21 heavy (non-hydrogen) atoms. The molecule has 1 amide bonds. The van der Waals surface area contributed by atoms with Gasteiger partial charge in [-0.05, 0) is 38.4 Å². The molecule has 1 aromatic carbocycles. The van der Waals surface area contributed by atoms with Crippen molar-refractivity contribution < 1.29 is 13.6 Å². The summed E-state index contributed by atoms with van der Waals surface area (Å²) in [5, 5.41) is 3.09. The average molecular weight is 316 g/mol. The first-order valence-electron chi connectivity index (χ1n) is 6.95. The molecule has 0 aliphatic heterocycles. The molecule has 0 fully saturated rings. The third kappa shape index (κ3) is 5.28. The van der Waals surface area contributed by atoms with Crippen molar-refractivity contribution in [3.8, 4) is 0 Å². The Bertz CT molecular complexity index is 499. The molecule has 118 valence electrons. The number of carbonyl (C=O) groups excluding carboxylic acids is 1. The summed E-state index contributed by atoms with van der Waals surface area (Å²) in [5.74, 6) is -1.62. The van der Waals surface area contributed by atoms with Gasteiger partial charge in [-0.1, -0.05) is 13.8 Å². The molecular weight excluding hydrogens is 294 g/mol. The molecule has 1 rings (SSSR count). The Morgan fingerprint density at radius 2 is 2.14 bits per heavy atom. The van der Waals surface area contributed by atoms with Gasteiger partial charge in [-0.3, -0.25) is 4.79 Å². The van der Waals surface area contributed by atoms with Gasteiger partial charge in [0, 0.05) is 16.2 Å². The van der Waals surface area contributed by atoms with Gasteiger partial charge in [0.2, 0.25) is 5.91 Å². The summed E-state index contributed by atoms with van der Waals surface area (Å²) in [4.78, 5) is 12.0.